The molecule has 0 unspecified atom stereocenters. The van der Waals surface area contributed by atoms with E-state index in [0.717, 1.165) is 6.42 Å². The smallest absolute Gasteiger partial charge is 0.446 e. The van der Waals surface area contributed by atoms with Gasteiger partial charge in [-0.15, -0.1) is 0 Å². The molecule has 1 N–H and O–H groups in total. The van der Waals surface area contributed by atoms with Gasteiger partial charge in [-0.05, 0) is 42.3 Å². The molecule has 0 heterocycles. The summed E-state index contributed by atoms with van der Waals surface area (Å²) in [5.74, 6) is -0.956. The van der Waals surface area contributed by atoms with E-state index in [4.69, 9.17) is 0 Å². The van der Waals surface area contributed by atoms with Crippen LogP contribution in [-0.4, -0.2) is 16.6 Å². The first-order chi connectivity index (χ1) is 8.33. The molecule has 18 heavy (non-hydrogen) atoms. The lowest BCUT2D eigenvalue weighted by Gasteiger charge is -2.38. The average Bonchev–Trinajstić information content (AvgIpc) is 2.12. The molecule has 1 aromatic carbocycles. The third-order valence-corrected chi connectivity index (χ3v) is 3.96. The Hall–Kier alpha value is -1.17. The second-order valence-corrected chi connectivity index (χ2v) is 5.45. The predicted molar refractivity (Wildman–Crippen MR) is 61.5 cm³/mol. The molecule has 1 aliphatic rings. The molecule has 0 saturated heterocycles. The summed E-state index contributed by atoms with van der Waals surface area (Å²) in [6.07, 6.45) is 1.77. The first-order valence-corrected chi connectivity index (χ1v) is 6.25. The monoisotopic (exact) mass is 276 g/mol. The van der Waals surface area contributed by atoms with Crippen molar-refractivity contribution in [3.8, 4) is 0 Å². The highest BCUT2D eigenvalue weighted by Crippen LogP contribution is 2.45. The number of thioether (sulfide) groups is 1. The van der Waals surface area contributed by atoms with Crippen LogP contribution in [0.4, 0.5) is 13.2 Å². The van der Waals surface area contributed by atoms with Gasteiger partial charge in [-0.25, -0.2) is 0 Å². The quantitative estimate of drug-likeness (QED) is 0.853. The Balaban J connectivity index is 2.30. The Morgan fingerprint density at radius 3 is 2.44 bits per heavy atom. The second-order valence-electron chi connectivity index (χ2n) is 4.32. The fraction of sp³-hybridized carbons (Fsp3) is 0.417. The first-order valence-electron chi connectivity index (χ1n) is 5.43. The molecule has 98 valence electrons. The van der Waals surface area contributed by atoms with Crippen LogP contribution in [0.3, 0.4) is 0 Å². The lowest BCUT2D eigenvalue weighted by Crippen LogP contribution is -2.42. The van der Waals surface area contributed by atoms with Crippen LogP contribution in [0.25, 0.3) is 0 Å². The molecule has 0 aliphatic heterocycles. The van der Waals surface area contributed by atoms with Gasteiger partial charge in [-0.3, -0.25) is 4.79 Å². The van der Waals surface area contributed by atoms with Crippen LogP contribution in [-0.2, 0) is 10.2 Å². The summed E-state index contributed by atoms with van der Waals surface area (Å²) >= 11 is -0.216. The lowest BCUT2D eigenvalue weighted by atomic mass is 9.64. The molecule has 0 aromatic heterocycles. The van der Waals surface area contributed by atoms with Crippen molar-refractivity contribution in [2.45, 2.75) is 35.1 Å². The fourth-order valence-corrected chi connectivity index (χ4v) is 2.75. The summed E-state index contributed by atoms with van der Waals surface area (Å²) in [6.45, 7) is 0. The van der Waals surface area contributed by atoms with E-state index in [-0.39, 0.29) is 16.7 Å². The molecule has 1 saturated carbocycles. The van der Waals surface area contributed by atoms with E-state index in [0.29, 0.717) is 18.4 Å². The van der Waals surface area contributed by atoms with Crippen LogP contribution >= 0.6 is 11.8 Å². The second kappa shape index (κ2) is 4.50. The Morgan fingerprint density at radius 1 is 1.33 bits per heavy atom. The van der Waals surface area contributed by atoms with Crippen LogP contribution in [0.15, 0.2) is 29.2 Å². The fourth-order valence-electron chi connectivity index (χ4n) is 2.15. The molecule has 0 spiro atoms. The van der Waals surface area contributed by atoms with Gasteiger partial charge in [0.25, 0.3) is 0 Å². The molecule has 6 heteroatoms. The summed E-state index contributed by atoms with van der Waals surface area (Å²) < 4.78 is 36.8. The van der Waals surface area contributed by atoms with Crippen molar-refractivity contribution in [1.82, 2.24) is 0 Å². The van der Waals surface area contributed by atoms with Crippen molar-refractivity contribution in [2.24, 2.45) is 0 Å². The Bertz CT molecular complexity index is 467. The minimum Gasteiger partial charge on any atom is -0.481 e. The number of hydrogen-bond donors (Lipinski definition) is 1. The number of halogens is 3. The summed E-state index contributed by atoms with van der Waals surface area (Å²) in [6, 6.07) is 5.75. The van der Waals surface area contributed by atoms with E-state index in [2.05, 4.69) is 0 Å². The molecule has 1 aliphatic carbocycles. The molecule has 0 amide bonds. The number of alkyl halides is 3. The maximum atomic E-state index is 12.3. The molecule has 1 fully saturated rings. The Kier molecular flexibility index (Phi) is 3.31. The highest BCUT2D eigenvalue weighted by atomic mass is 32.2. The maximum absolute atomic E-state index is 12.3. The van der Waals surface area contributed by atoms with Crippen molar-refractivity contribution < 1.29 is 23.1 Å². The molecular weight excluding hydrogens is 265 g/mol. The van der Waals surface area contributed by atoms with Crippen molar-refractivity contribution in [1.29, 1.82) is 0 Å². The highest BCUT2D eigenvalue weighted by molar-refractivity contribution is 8.00. The van der Waals surface area contributed by atoms with Gasteiger partial charge in [0.15, 0.2) is 0 Å². The summed E-state index contributed by atoms with van der Waals surface area (Å²) in [5.41, 5.74) is -4.87. The van der Waals surface area contributed by atoms with Gasteiger partial charge in [0.1, 0.15) is 0 Å². The molecule has 2 rings (SSSR count). The van der Waals surface area contributed by atoms with Crippen LogP contribution in [0.5, 0.6) is 0 Å². The van der Waals surface area contributed by atoms with Crippen LogP contribution in [0, 0.1) is 0 Å². The van der Waals surface area contributed by atoms with Crippen molar-refractivity contribution in [2.75, 3.05) is 0 Å². The van der Waals surface area contributed by atoms with E-state index in [9.17, 15) is 23.1 Å². The Labute approximate surface area is 106 Å². The molecular formula is C12H11F3O2S. The minimum absolute atomic E-state index is 0.0347. The predicted octanol–water partition coefficient (Wildman–Crippen LogP) is 3.80. The van der Waals surface area contributed by atoms with Crippen molar-refractivity contribution in [3.63, 3.8) is 0 Å². The van der Waals surface area contributed by atoms with Gasteiger partial charge < -0.3 is 5.11 Å². The van der Waals surface area contributed by atoms with Gasteiger partial charge in [-0.2, -0.15) is 13.2 Å². The number of carboxylic acid groups (broad SMARTS) is 1. The molecule has 0 bridgehead atoms. The number of hydrogen-bond acceptors (Lipinski definition) is 2. The number of rotatable bonds is 3. The zero-order valence-electron chi connectivity index (χ0n) is 9.33. The zero-order chi connectivity index (χ0) is 13.4. The van der Waals surface area contributed by atoms with Crippen LogP contribution in [0.1, 0.15) is 24.8 Å². The van der Waals surface area contributed by atoms with E-state index in [1.807, 2.05) is 0 Å². The standard InChI is InChI=1S/C12H11F3O2S/c13-12(14,15)18-9-4-1-3-8(7-9)11(10(16)17)5-2-6-11/h1,3-4,7H,2,5-6H2,(H,16,17). The molecule has 1 aromatic rings. The maximum Gasteiger partial charge on any atom is 0.446 e. The third-order valence-electron chi connectivity index (χ3n) is 3.24. The van der Waals surface area contributed by atoms with Gasteiger partial charge in [0.2, 0.25) is 0 Å². The van der Waals surface area contributed by atoms with Crippen molar-refractivity contribution >= 4 is 17.7 Å². The largest absolute Gasteiger partial charge is 0.481 e. The van der Waals surface area contributed by atoms with Gasteiger partial charge in [-0.1, -0.05) is 18.6 Å². The van der Waals surface area contributed by atoms with E-state index in [1.54, 1.807) is 6.07 Å². The average molecular weight is 276 g/mol. The van der Waals surface area contributed by atoms with Crippen LogP contribution in [0.2, 0.25) is 0 Å². The number of benzene rings is 1. The molecule has 2 nitrogen and oxygen atoms in total. The normalized spacial score (nSPS) is 18.2. The molecule has 0 radical (unpaired) electrons. The first kappa shape index (κ1) is 13.3. The summed E-state index contributed by atoms with van der Waals surface area (Å²) in [5, 5.41) is 9.23. The van der Waals surface area contributed by atoms with Gasteiger partial charge in [0.05, 0.1) is 5.41 Å². The minimum atomic E-state index is -4.35. The number of carbonyl (C=O) groups is 1. The van der Waals surface area contributed by atoms with E-state index in [1.165, 1.54) is 18.2 Å². The number of aliphatic carboxylic acids is 1. The SMILES string of the molecule is O=C(O)C1(c2cccc(SC(F)(F)F)c2)CCC1. The lowest BCUT2D eigenvalue weighted by molar-refractivity contribution is -0.147. The Morgan fingerprint density at radius 2 is 2.00 bits per heavy atom. The zero-order valence-corrected chi connectivity index (χ0v) is 10.1. The van der Waals surface area contributed by atoms with Crippen LogP contribution < -0.4 is 0 Å². The summed E-state index contributed by atoms with van der Waals surface area (Å²) in [7, 11) is 0. The number of carboxylic acids is 1. The van der Waals surface area contributed by atoms with Crippen molar-refractivity contribution in [3.05, 3.63) is 29.8 Å². The van der Waals surface area contributed by atoms with E-state index < -0.39 is 16.9 Å². The highest BCUT2D eigenvalue weighted by Gasteiger charge is 2.46. The topological polar surface area (TPSA) is 37.3 Å². The van der Waals surface area contributed by atoms with E-state index >= 15 is 0 Å². The van der Waals surface area contributed by atoms with Gasteiger partial charge >= 0.3 is 11.5 Å². The van der Waals surface area contributed by atoms with Gasteiger partial charge in [0, 0.05) is 4.90 Å². The summed E-state index contributed by atoms with van der Waals surface area (Å²) in [4.78, 5) is 11.3. The molecule has 0 atom stereocenters. The third kappa shape index (κ3) is 2.48.